The average molecular weight is 247 g/mol. The maximum Gasteiger partial charge on any atom is 0.329 e. The zero-order valence-corrected chi connectivity index (χ0v) is 9.40. The zero-order valence-electron chi connectivity index (χ0n) is 9.40. The lowest BCUT2D eigenvalue weighted by atomic mass is 10.3. The number of carbonyl (C=O) groups excluding carboxylic acids is 2. The minimum Gasteiger partial charge on any atom is -0.480 e. The fourth-order valence-electron chi connectivity index (χ4n) is 0.923. The molecular weight excluding hydrogens is 230 g/mol. The van der Waals surface area contributed by atoms with Crippen LogP contribution in [-0.4, -0.2) is 49.3 Å². The quantitative estimate of drug-likeness (QED) is 0.374. The van der Waals surface area contributed by atoms with Gasteiger partial charge in [-0.15, -0.1) is 0 Å². The van der Waals surface area contributed by atoms with Crippen molar-refractivity contribution in [2.45, 2.75) is 12.8 Å². The first-order valence-electron chi connectivity index (χ1n) is 5.12. The molecule has 0 aromatic carbocycles. The number of ether oxygens (including phenoxy) is 1. The van der Waals surface area contributed by atoms with Crippen LogP contribution in [0.5, 0.6) is 0 Å². The number of carbonyl (C=O) groups is 3. The number of rotatable bonds is 9. The molecule has 0 aromatic heterocycles. The second-order valence-corrected chi connectivity index (χ2v) is 3.20. The van der Waals surface area contributed by atoms with Crippen molar-refractivity contribution in [3.05, 3.63) is 0 Å². The summed E-state index contributed by atoms with van der Waals surface area (Å²) >= 11 is 0. The number of carboxylic acids is 1. The number of amides is 3. The van der Waals surface area contributed by atoms with E-state index in [0.717, 1.165) is 0 Å². The largest absolute Gasteiger partial charge is 0.480 e. The molecule has 98 valence electrons. The fourth-order valence-corrected chi connectivity index (χ4v) is 0.923. The molecule has 0 aromatic rings. The molecule has 8 heteroatoms. The number of primary amides is 1. The summed E-state index contributed by atoms with van der Waals surface area (Å²) in [5, 5.41) is 13.2. The Hall–Kier alpha value is -1.83. The third kappa shape index (κ3) is 12.1. The van der Waals surface area contributed by atoms with Gasteiger partial charge >= 0.3 is 12.0 Å². The van der Waals surface area contributed by atoms with Gasteiger partial charge < -0.3 is 26.2 Å². The van der Waals surface area contributed by atoms with Gasteiger partial charge in [-0.1, -0.05) is 0 Å². The number of hydrogen-bond donors (Lipinski definition) is 4. The van der Waals surface area contributed by atoms with E-state index >= 15 is 0 Å². The van der Waals surface area contributed by atoms with Gasteiger partial charge in [0.1, 0.15) is 6.61 Å². The molecule has 0 unspecified atom stereocenters. The summed E-state index contributed by atoms with van der Waals surface area (Å²) in [6.07, 6.45) is 0.709. The molecule has 0 spiro atoms. The highest BCUT2D eigenvalue weighted by atomic mass is 16.5. The minimum atomic E-state index is -1.05. The van der Waals surface area contributed by atoms with Gasteiger partial charge in [-0.25, -0.2) is 9.59 Å². The van der Waals surface area contributed by atoms with E-state index in [1.807, 2.05) is 0 Å². The molecule has 5 N–H and O–H groups in total. The Morgan fingerprint density at radius 1 is 1.18 bits per heavy atom. The second-order valence-electron chi connectivity index (χ2n) is 3.20. The molecule has 0 saturated carbocycles. The van der Waals surface area contributed by atoms with Crippen molar-refractivity contribution in [3.8, 4) is 0 Å². The number of nitrogens with one attached hydrogen (secondary N) is 2. The molecule has 0 aliphatic heterocycles. The predicted octanol–water partition coefficient (Wildman–Crippen LogP) is -1.35. The van der Waals surface area contributed by atoms with Gasteiger partial charge in [-0.05, 0) is 6.42 Å². The van der Waals surface area contributed by atoms with Crippen LogP contribution in [0.4, 0.5) is 4.79 Å². The summed E-state index contributed by atoms with van der Waals surface area (Å²) in [5.41, 5.74) is 4.92. The molecule has 8 nitrogen and oxygen atoms in total. The third-order valence-corrected chi connectivity index (χ3v) is 1.64. The first kappa shape index (κ1) is 15.2. The summed E-state index contributed by atoms with van der Waals surface area (Å²) in [6.45, 7) is 0.308. The van der Waals surface area contributed by atoms with E-state index in [0.29, 0.717) is 13.0 Å². The van der Waals surface area contributed by atoms with Gasteiger partial charge in [0.05, 0.1) is 6.61 Å². The molecule has 3 amide bonds. The maximum absolute atomic E-state index is 11.1. The van der Waals surface area contributed by atoms with Crippen molar-refractivity contribution in [1.29, 1.82) is 0 Å². The Bertz CT molecular complexity index is 269. The number of hydrogen-bond acceptors (Lipinski definition) is 4. The van der Waals surface area contributed by atoms with Crippen molar-refractivity contribution < 1.29 is 24.2 Å². The van der Waals surface area contributed by atoms with Crippen molar-refractivity contribution in [2.24, 2.45) is 5.73 Å². The topological polar surface area (TPSA) is 131 Å². The Labute approximate surface area is 98.5 Å². The van der Waals surface area contributed by atoms with E-state index in [4.69, 9.17) is 15.6 Å². The molecule has 0 aliphatic rings. The van der Waals surface area contributed by atoms with Crippen LogP contribution in [0.3, 0.4) is 0 Å². The van der Waals surface area contributed by atoms with Crippen molar-refractivity contribution in [3.63, 3.8) is 0 Å². The Morgan fingerprint density at radius 3 is 2.41 bits per heavy atom. The number of aliphatic carboxylic acids is 1. The average Bonchev–Trinajstić information content (AvgIpc) is 2.23. The molecule has 0 aliphatic carbocycles. The molecule has 0 rings (SSSR count). The first-order chi connectivity index (χ1) is 8.02. The molecule has 0 fully saturated rings. The highest BCUT2D eigenvalue weighted by molar-refractivity contribution is 5.74. The van der Waals surface area contributed by atoms with Gasteiger partial charge in [0.2, 0.25) is 5.91 Å². The third-order valence-electron chi connectivity index (χ3n) is 1.64. The van der Waals surface area contributed by atoms with Gasteiger partial charge in [0.15, 0.2) is 0 Å². The summed E-state index contributed by atoms with van der Waals surface area (Å²) in [6, 6.07) is -0.395. The van der Waals surface area contributed by atoms with E-state index in [1.165, 1.54) is 0 Å². The normalized spacial score (nSPS) is 9.65. The fraction of sp³-hybridized carbons (Fsp3) is 0.667. The van der Waals surface area contributed by atoms with Crippen LogP contribution in [-0.2, 0) is 14.3 Å². The van der Waals surface area contributed by atoms with Gasteiger partial charge in [-0.3, -0.25) is 4.79 Å². The molecule has 0 heterocycles. The minimum absolute atomic E-state index is 0.126. The highest BCUT2D eigenvalue weighted by Crippen LogP contribution is 1.83. The van der Waals surface area contributed by atoms with Gasteiger partial charge in [-0.2, -0.15) is 0 Å². The molecule has 0 bridgehead atoms. The van der Waals surface area contributed by atoms with E-state index in [9.17, 15) is 14.4 Å². The maximum atomic E-state index is 11.1. The molecular formula is C9H17N3O5. The molecule has 0 saturated heterocycles. The van der Waals surface area contributed by atoms with Crippen LogP contribution in [0.15, 0.2) is 0 Å². The molecule has 17 heavy (non-hydrogen) atoms. The molecule has 0 atom stereocenters. The summed E-state index contributed by atoms with van der Waals surface area (Å²) in [4.78, 5) is 31.5. The van der Waals surface area contributed by atoms with Crippen LogP contribution >= 0.6 is 0 Å². The van der Waals surface area contributed by atoms with Crippen LogP contribution in [0, 0.1) is 0 Å². The van der Waals surface area contributed by atoms with E-state index in [1.54, 1.807) is 0 Å². The summed E-state index contributed by atoms with van der Waals surface area (Å²) < 4.78 is 4.70. The highest BCUT2D eigenvalue weighted by Gasteiger charge is 2.00. The van der Waals surface area contributed by atoms with Crippen LogP contribution in [0.25, 0.3) is 0 Å². The van der Waals surface area contributed by atoms with Crippen molar-refractivity contribution in [1.82, 2.24) is 10.6 Å². The Morgan fingerprint density at radius 2 is 1.82 bits per heavy atom. The second kappa shape index (κ2) is 9.40. The predicted molar refractivity (Wildman–Crippen MR) is 58.3 cm³/mol. The van der Waals surface area contributed by atoms with E-state index in [2.05, 4.69) is 10.6 Å². The number of carboxylic acid groups (broad SMARTS) is 1. The van der Waals surface area contributed by atoms with Gasteiger partial charge in [0, 0.05) is 19.5 Å². The lowest BCUT2D eigenvalue weighted by molar-refractivity contribution is -0.142. The Kier molecular flexibility index (Phi) is 8.39. The number of nitrogens with two attached hydrogens (primary N) is 1. The van der Waals surface area contributed by atoms with Crippen LogP contribution < -0.4 is 16.4 Å². The monoisotopic (exact) mass is 247 g/mol. The van der Waals surface area contributed by atoms with Crippen LogP contribution in [0.1, 0.15) is 12.8 Å². The summed E-state index contributed by atoms with van der Waals surface area (Å²) in [7, 11) is 0. The SMILES string of the molecule is NC(=O)CCCNC(=O)NCCOCC(=O)O. The lowest BCUT2D eigenvalue weighted by Gasteiger charge is -2.06. The summed E-state index contributed by atoms with van der Waals surface area (Å²) in [5.74, 6) is -1.46. The first-order valence-corrected chi connectivity index (χ1v) is 5.12. The molecule has 0 radical (unpaired) electrons. The van der Waals surface area contributed by atoms with E-state index < -0.39 is 17.9 Å². The van der Waals surface area contributed by atoms with Gasteiger partial charge in [0.25, 0.3) is 0 Å². The van der Waals surface area contributed by atoms with Crippen molar-refractivity contribution in [2.75, 3.05) is 26.3 Å². The zero-order chi connectivity index (χ0) is 13.1. The van der Waals surface area contributed by atoms with Crippen LogP contribution in [0.2, 0.25) is 0 Å². The van der Waals surface area contributed by atoms with Crippen molar-refractivity contribution >= 4 is 17.9 Å². The lowest BCUT2D eigenvalue weighted by Crippen LogP contribution is -2.38. The standard InChI is InChI=1S/C9H17N3O5/c10-7(13)2-1-3-11-9(16)12-4-5-17-6-8(14)15/h1-6H2,(H2,10,13)(H,14,15)(H2,11,12,16). The van der Waals surface area contributed by atoms with E-state index in [-0.39, 0.29) is 26.2 Å². The number of urea groups is 1. The smallest absolute Gasteiger partial charge is 0.329 e. The Balaban J connectivity index is 3.29.